The number of aromatic nitrogens is 3. The van der Waals surface area contributed by atoms with Crippen molar-refractivity contribution in [1.29, 1.82) is 0 Å². The molecular formula is C18H20N4O3. The first-order chi connectivity index (χ1) is 12.2. The normalized spacial score (nSPS) is 16.5. The summed E-state index contributed by atoms with van der Waals surface area (Å²) in [5.74, 6) is 1.57. The van der Waals surface area contributed by atoms with E-state index in [2.05, 4.69) is 10.00 Å². The van der Waals surface area contributed by atoms with Crippen LogP contribution < -0.4 is 15.2 Å². The third-order valence-corrected chi connectivity index (χ3v) is 4.26. The molecule has 4 rings (SSSR count). The summed E-state index contributed by atoms with van der Waals surface area (Å²) in [4.78, 5) is 14.4. The molecule has 0 saturated carbocycles. The first kappa shape index (κ1) is 15.7. The number of rotatable bonds is 5. The van der Waals surface area contributed by atoms with Crippen LogP contribution in [-0.4, -0.2) is 51.9 Å². The highest BCUT2D eigenvalue weighted by molar-refractivity contribution is 5.40. The SMILES string of the molecule is CN(CCn1nc2ccccn2c1=O)C[C@H]1COc2ccccc2O1. The fourth-order valence-electron chi connectivity index (χ4n) is 2.97. The van der Waals surface area contributed by atoms with Gasteiger partial charge in [0.1, 0.15) is 12.7 Å². The number of fused-ring (bicyclic) bond motifs is 2. The summed E-state index contributed by atoms with van der Waals surface area (Å²) in [6, 6.07) is 13.2. The minimum Gasteiger partial charge on any atom is -0.486 e. The minimum atomic E-state index is -0.116. The molecule has 0 spiro atoms. The van der Waals surface area contributed by atoms with Crippen LogP contribution in [0.4, 0.5) is 0 Å². The summed E-state index contributed by atoms with van der Waals surface area (Å²) in [7, 11) is 2.00. The average Bonchev–Trinajstić information content (AvgIpc) is 2.96. The second-order valence-electron chi connectivity index (χ2n) is 6.19. The third-order valence-electron chi connectivity index (χ3n) is 4.26. The number of hydrogen-bond acceptors (Lipinski definition) is 5. The van der Waals surface area contributed by atoms with E-state index < -0.39 is 0 Å². The highest BCUT2D eigenvalue weighted by Crippen LogP contribution is 2.30. The standard InChI is InChI=1S/C18H20N4O3/c1-20(12-14-13-24-15-6-2-3-7-16(15)25-14)10-11-22-18(23)21-9-5-4-8-17(21)19-22/h2-9,14H,10-13H2,1H3/t14-/m0/s1. The van der Waals surface area contributed by atoms with Crippen LogP contribution in [0.5, 0.6) is 11.5 Å². The molecule has 0 aliphatic carbocycles. The Hall–Kier alpha value is -2.80. The average molecular weight is 340 g/mol. The molecular weight excluding hydrogens is 320 g/mol. The summed E-state index contributed by atoms with van der Waals surface area (Å²) >= 11 is 0. The fourth-order valence-corrected chi connectivity index (χ4v) is 2.97. The molecule has 2 aromatic heterocycles. The van der Waals surface area contributed by atoms with E-state index in [9.17, 15) is 4.79 Å². The Bertz CT molecular complexity index is 933. The highest BCUT2D eigenvalue weighted by atomic mass is 16.6. The molecule has 7 heteroatoms. The first-order valence-corrected chi connectivity index (χ1v) is 8.32. The first-order valence-electron chi connectivity index (χ1n) is 8.32. The summed E-state index contributed by atoms with van der Waals surface area (Å²) in [6.07, 6.45) is 1.70. The Morgan fingerprint density at radius 1 is 1.20 bits per heavy atom. The van der Waals surface area contributed by atoms with Crippen molar-refractivity contribution in [3.05, 3.63) is 59.1 Å². The minimum absolute atomic E-state index is 0.0299. The number of para-hydroxylation sites is 2. The zero-order valence-corrected chi connectivity index (χ0v) is 14.0. The molecule has 7 nitrogen and oxygen atoms in total. The van der Waals surface area contributed by atoms with Gasteiger partial charge in [0.15, 0.2) is 17.1 Å². The lowest BCUT2D eigenvalue weighted by atomic mass is 10.2. The fraction of sp³-hybridized carbons (Fsp3) is 0.333. The van der Waals surface area contributed by atoms with Gasteiger partial charge in [0.05, 0.1) is 6.54 Å². The molecule has 0 amide bonds. The monoisotopic (exact) mass is 340 g/mol. The Morgan fingerprint density at radius 2 is 2.00 bits per heavy atom. The van der Waals surface area contributed by atoms with E-state index in [-0.39, 0.29) is 11.8 Å². The van der Waals surface area contributed by atoms with E-state index >= 15 is 0 Å². The molecule has 1 atom stereocenters. The lowest BCUT2D eigenvalue weighted by Crippen LogP contribution is -2.41. The molecule has 25 heavy (non-hydrogen) atoms. The third kappa shape index (κ3) is 3.23. The summed E-state index contributed by atoms with van der Waals surface area (Å²) in [5, 5.41) is 4.35. The van der Waals surface area contributed by atoms with Gasteiger partial charge in [0.2, 0.25) is 0 Å². The maximum Gasteiger partial charge on any atom is 0.350 e. The highest BCUT2D eigenvalue weighted by Gasteiger charge is 2.21. The smallest absolute Gasteiger partial charge is 0.350 e. The van der Waals surface area contributed by atoms with Gasteiger partial charge in [-0.05, 0) is 31.3 Å². The topological polar surface area (TPSA) is 61.0 Å². The molecule has 0 N–H and O–H groups in total. The summed E-state index contributed by atoms with van der Waals surface area (Å²) in [5.41, 5.74) is 0.547. The molecule has 1 aromatic carbocycles. The zero-order valence-electron chi connectivity index (χ0n) is 14.0. The van der Waals surface area contributed by atoms with Crippen molar-refractivity contribution in [3.63, 3.8) is 0 Å². The molecule has 0 saturated heterocycles. The van der Waals surface area contributed by atoms with Crippen LogP contribution in [0.2, 0.25) is 0 Å². The second kappa shape index (κ2) is 6.60. The van der Waals surface area contributed by atoms with Crippen molar-refractivity contribution < 1.29 is 9.47 Å². The molecule has 3 aromatic rings. The van der Waals surface area contributed by atoms with Crippen molar-refractivity contribution >= 4 is 5.65 Å². The Labute approximate surface area is 145 Å². The second-order valence-corrected chi connectivity index (χ2v) is 6.19. The van der Waals surface area contributed by atoms with Gasteiger partial charge >= 0.3 is 5.69 Å². The van der Waals surface area contributed by atoms with Gasteiger partial charge in [0, 0.05) is 19.3 Å². The number of hydrogen-bond donors (Lipinski definition) is 0. The maximum atomic E-state index is 12.3. The number of benzene rings is 1. The van der Waals surface area contributed by atoms with E-state index in [4.69, 9.17) is 9.47 Å². The molecule has 0 radical (unpaired) electrons. The number of nitrogens with zero attached hydrogens (tertiary/aromatic N) is 4. The molecule has 1 aliphatic rings. The van der Waals surface area contributed by atoms with Crippen LogP contribution in [0.25, 0.3) is 5.65 Å². The molecule has 130 valence electrons. The lowest BCUT2D eigenvalue weighted by molar-refractivity contribution is 0.0644. The summed E-state index contributed by atoms with van der Waals surface area (Å²) in [6.45, 7) is 2.47. The molecule has 0 bridgehead atoms. The van der Waals surface area contributed by atoms with Crippen LogP contribution >= 0.6 is 0 Å². The Kier molecular flexibility index (Phi) is 4.15. The number of pyridine rings is 1. The van der Waals surface area contributed by atoms with E-state index in [0.29, 0.717) is 25.3 Å². The van der Waals surface area contributed by atoms with Crippen LogP contribution in [0.15, 0.2) is 53.5 Å². The van der Waals surface area contributed by atoms with Gasteiger partial charge in [-0.1, -0.05) is 18.2 Å². The van der Waals surface area contributed by atoms with E-state index in [1.807, 2.05) is 49.5 Å². The van der Waals surface area contributed by atoms with Gasteiger partial charge in [-0.25, -0.2) is 9.48 Å². The van der Waals surface area contributed by atoms with Crippen LogP contribution in [0.1, 0.15) is 0 Å². The van der Waals surface area contributed by atoms with Gasteiger partial charge in [-0.2, -0.15) is 0 Å². The number of ether oxygens (including phenoxy) is 2. The van der Waals surface area contributed by atoms with Crippen LogP contribution in [-0.2, 0) is 6.54 Å². The number of likely N-dealkylation sites (N-methyl/N-ethyl adjacent to an activating group) is 1. The van der Waals surface area contributed by atoms with E-state index in [1.54, 1.807) is 10.6 Å². The molecule has 0 unspecified atom stereocenters. The predicted octanol–water partition coefficient (Wildman–Crippen LogP) is 1.27. The van der Waals surface area contributed by atoms with Crippen molar-refractivity contribution in [3.8, 4) is 11.5 Å². The predicted molar refractivity (Wildman–Crippen MR) is 93.3 cm³/mol. The van der Waals surface area contributed by atoms with Crippen molar-refractivity contribution in [1.82, 2.24) is 19.1 Å². The largest absolute Gasteiger partial charge is 0.486 e. The van der Waals surface area contributed by atoms with Gasteiger partial charge in [0.25, 0.3) is 0 Å². The molecule has 0 fully saturated rings. The lowest BCUT2D eigenvalue weighted by Gasteiger charge is -2.29. The van der Waals surface area contributed by atoms with Crippen molar-refractivity contribution in [2.45, 2.75) is 12.6 Å². The van der Waals surface area contributed by atoms with Gasteiger partial charge < -0.3 is 14.4 Å². The Balaban J connectivity index is 1.36. The zero-order chi connectivity index (χ0) is 17.2. The van der Waals surface area contributed by atoms with E-state index in [1.165, 1.54) is 4.68 Å². The van der Waals surface area contributed by atoms with Crippen molar-refractivity contribution in [2.75, 3.05) is 26.7 Å². The molecule has 3 heterocycles. The maximum absolute atomic E-state index is 12.3. The summed E-state index contributed by atoms with van der Waals surface area (Å²) < 4.78 is 14.8. The van der Waals surface area contributed by atoms with E-state index in [0.717, 1.165) is 18.0 Å². The molecule has 1 aliphatic heterocycles. The van der Waals surface area contributed by atoms with Gasteiger partial charge in [-0.3, -0.25) is 4.40 Å². The van der Waals surface area contributed by atoms with Crippen molar-refractivity contribution in [2.24, 2.45) is 0 Å². The van der Waals surface area contributed by atoms with Crippen LogP contribution in [0.3, 0.4) is 0 Å². The Morgan fingerprint density at radius 3 is 2.84 bits per heavy atom. The quantitative estimate of drug-likeness (QED) is 0.700. The van der Waals surface area contributed by atoms with Crippen LogP contribution in [0, 0.1) is 0 Å². The van der Waals surface area contributed by atoms with Gasteiger partial charge in [-0.15, -0.1) is 5.10 Å².